The number of rotatable bonds is 3. The van der Waals surface area contributed by atoms with Gasteiger partial charge < -0.3 is 5.32 Å². The van der Waals surface area contributed by atoms with Crippen molar-refractivity contribution in [1.29, 1.82) is 0 Å². The zero-order valence-corrected chi connectivity index (χ0v) is 11.4. The second-order valence-corrected chi connectivity index (χ2v) is 6.71. The highest BCUT2D eigenvalue weighted by Crippen LogP contribution is 2.27. The van der Waals surface area contributed by atoms with Crippen molar-refractivity contribution in [3.8, 4) is 0 Å². The quantitative estimate of drug-likeness (QED) is 0.802. The van der Waals surface area contributed by atoms with Crippen LogP contribution in [0.4, 0.5) is 0 Å². The number of hydrogen-bond donors (Lipinski definition) is 1. The van der Waals surface area contributed by atoms with E-state index in [-0.39, 0.29) is 0 Å². The molecule has 0 saturated carbocycles. The normalized spacial score (nSPS) is 22.4. The van der Waals surface area contributed by atoms with Crippen molar-refractivity contribution in [2.24, 2.45) is 16.3 Å². The Morgan fingerprint density at radius 2 is 2.07 bits per heavy atom. The Morgan fingerprint density at radius 1 is 1.40 bits per heavy atom. The SMILES string of the molecule is CC(C)CC(C)NC1=NCC(C)(C)CS1. The molecule has 2 nitrogen and oxygen atoms in total. The van der Waals surface area contributed by atoms with Gasteiger partial charge in [-0.15, -0.1) is 0 Å². The Hall–Kier alpha value is -0.180. The van der Waals surface area contributed by atoms with Crippen LogP contribution in [0, 0.1) is 11.3 Å². The number of thioether (sulfide) groups is 1. The second-order valence-electron chi connectivity index (χ2n) is 5.75. The molecular formula is C12H24N2S. The van der Waals surface area contributed by atoms with Gasteiger partial charge in [0.2, 0.25) is 0 Å². The number of nitrogens with zero attached hydrogens (tertiary/aromatic N) is 1. The molecule has 0 aromatic rings. The Bertz CT molecular complexity index is 234. The van der Waals surface area contributed by atoms with E-state index in [1.165, 1.54) is 12.2 Å². The van der Waals surface area contributed by atoms with Crippen molar-refractivity contribution in [2.45, 2.75) is 47.1 Å². The molecule has 0 spiro atoms. The van der Waals surface area contributed by atoms with E-state index in [4.69, 9.17) is 0 Å². The third-order valence-electron chi connectivity index (χ3n) is 2.45. The van der Waals surface area contributed by atoms with Gasteiger partial charge in [-0.3, -0.25) is 4.99 Å². The zero-order valence-electron chi connectivity index (χ0n) is 10.6. The Kier molecular flexibility index (Phi) is 4.50. The van der Waals surface area contributed by atoms with Gasteiger partial charge in [0.05, 0.1) is 0 Å². The van der Waals surface area contributed by atoms with Crippen LogP contribution in [-0.4, -0.2) is 23.5 Å². The van der Waals surface area contributed by atoms with Crippen LogP contribution >= 0.6 is 11.8 Å². The van der Waals surface area contributed by atoms with Crippen molar-refractivity contribution in [2.75, 3.05) is 12.3 Å². The summed E-state index contributed by atoms with van der Waals surface area (Å²) in [6, 6.07) is 0.539. The van der Waals surface area contributed by atoms with Gasteiger partial charge in [0.1, 0.15) is 0 Å². The lowest BCUT2D eigenvalue weighted by atomic mass is 9.97. The van der Waals surface area contributed by atoms with Crippen LogP contribution in [0.15, 0.2) is 4.99 Å². The molecule has 0 bridgehead atoms. The molecule has 0 fully saturated rings. The lowest BCUT2D eigenvalue weighted by molar-refractivity contribution is 0.434. The molecule has 1 aliphatic rings. The highest BCUT2D eigenvalue weighted by atomic mass is 32.2. The van der Waals surface area contributed by atoms with Crippen LogP contribution in [0.1, 0.15) is 41.0 Å². The molecule has 1 heterocycles. The van der Waals surface area contributed by atoms with Crippen molar-refractivity contribution in [3.63, 3.8) is 0 Å². The average molecular weight is 228 g/mol. The van der Waals surface area contributed by atoms with Gasteiger partial charge >= 0.3 is 0 Å². The summed E-state index contributed by atoms with van der Waals surface area (Å²) in [4.78, 5) is 4.60. The zero-order chi connectivity index (χ0) is 11.5. The molecule has 3 heteroatoms. The minimum Gasteiger partial charge on any atom is -0.362 e. The Balaban J connectivity index is 2.37. The van der Waals surface area contributed by atoms with E-state index in [0.29, 0.717) is 11.5 Å². The molecule has 0 saturated heterocycles. The van der Waals surface area contributed by atoms with Gasteiger partial charge in [0.25, 0.3) is 0 Å². The van der Waals surface area contributed by atoms with Gasteiger partial charge in [-0.2, -0.15) is 0 Å². The predicted octanol–water partition coefficient (Wildman–Crippen LogP) is 3.14. The van der Waals surface area contributed by atoms with E-state index >= 15 is 0 Å². The maximum atomic E-state index is 4.60. The molecule has 0 radical (unpaired) electrons. The summed E-state index contributed by atoms with van der Waals surface area (Å²) in [5.41, 5.74) is 0.372. The van der Waals surface area contributed by atoms with E-state index < -0.39 is 0 Å². The smallest absolute Gasteiger partial charge is 0.156 e. The van der Waals surface area contributed by atoms with E-state index in [2.05, 4.69) is 44.9 Å². The molecule has 0 aromatic carbocycles. The summed E-state index contributed by atoms with van der Waals surface area (Å²) in [5.74, 6) is 1.92. The highest BCUT2D eigenvalue weighted by molar-refractivity contribution is 8.13. The lowest BCUT2D eigenvalue weighted by Crippen LogP contribution is -2.36. The van der Waals surface area contributed by atoms with E-state index in [9.17, 15) is 0 Å². The van der Waals surface area contributed by atoms with Crippen LogP contribution in [-0.2, 0) is 0 Å². The van der Waals surface area contributed by atoms with Gasteiger partial charge in [-0.05, 0) is 24.7 Å². The van der Waals surface area contributed by atoms with Crippen LogP contribution in [0.5, 0.6) is 0 Å². The van der Waals surface area contributed by atoms with E-state index in [0.717, 1.165) is 17.6 Å². The molecule has 0 amide bonds. The molecule has 1 aliphatic heterocycles. The first-order valence-electron chi connectivity index (χ1n) is 5.83. The van der Waals surface area contributed by atoms with Crippen LogP contribution in [0.25, 0.3) is 0 Å². The fraction of sp³-hybridized carbons (Fsp3) is 0.917. The molecule has 1 unspecified atom stereocenters. The van der Waals surface area contributed by atoms with Crippen LogP contribution in [0.3, 0.4) is 0 Å². The van der Waals surface area contributed by atoms with E-state index in [1.807, 2.05) is 11.8 Å². The third kappa shape index (κ3) is 4.92. The minimum absolute atomic E-state index is 0.372. The first kappa shape index (κ1) is 12.9. The fourth-order valence-electron chi connectivity index (χ4n) is 1.70. The summed E-state index contributed by atoms with van der Waals surface area (Å²) >= 11 is 1.86. The number of amidine groups is 1. The minimum atomic E-state index is 0.372. The third-order valence-corrected chi connectivity index (χ3v) is 3.89. The topological polar surface area (TPSA) is 24.4 Å². The van der Waals surface area contributed by atoms with Crippen LogP contribution < -0.4 is 5.32 Å². The predicted molar refractivity (Wildman–Crippen MR) is 70.6 cm³/mol. The van der Waals surface area contributed by atoms with Crippen molar-refractivity contribution >= 4 is 16.9 Å². The largest absolute Gasteiger partial charge is 0.362 e. The van der Waals surface area contributed by atoms with Gasteiger partial charge in [-0.1, -0.05) is 39.5 Å². The average Bonchev–Trinajstić information content (AvgIpc) is 2.07. The highest BCUT2D eigenvalue weighted by Gasteiger charge is 2.23. The Labute approximate surface area is 98.3 Å². The first-order valence-corrected chi connectivity index (χ1v) is 6.81. The molecule has 15 heavy (non-hydrogen) atoms. The Morgan fingerprint density at radius 3 is 2.53 bits per heavy atom. The number of nitrogens with one attached hydrogen (secondary N) is 1. The van der Waals surface area contributed by atoms with E-state index in [1.54, 1.807) is 0 Å². The van der Waals surface area contributed by atoms with Crippen molar-refractivity contribution < 1.29 is 0 Å². The van der Waals surface area contributed by atoms with Crippen molar-refractivity contribution in [1.82, 2.24) is 5.32 Å². The number of hydrogen-bond acceptors (Lipinski definition) is 3. The summed E-state index contributed by atoms with van der Waals surface area (Å²) in [7, 11) is 0. The molecule has 1 atom stereocenters. The molecule has 1 rings (SSSR count). The molecule has 1 N–H and O–H groups in total. The second kappa shape index (κ2) is 5.24. The summed E-state index contributed by atoms with van der Waals surface area (Å²) in [5, 5.41) is 4.64. The summed E-state index contributed by atoms with van der Waals surface area (Å²) in [6.45, 7) is 12.3. The van der Waals surface area contributed by atoms with Gasteiger partial charge in [0, 0.05) is 18.3 Å². The fourth-order valence-corrected chi connectivity index (χ4v) is 2.76. The van der Waals surface area contributed by atoms with Crippen LogP contribution in [0.2, 0.25) is 0 Å². The number of aliphatic imine (C=N–C) groups is 1. The monoisotopic (exact) mass is 228 g/mol. The molecule has 0 aliphatic carbocycles. The summed E-state index contributed by atoms with van der Waals surface area (Å²) in [6.07, 6.45) is 1.21. The maximum absolute atomic E-state index is 4.60. The van der Waals surface area contributed by atoms with Gasteiger partial charge in [0.15, 0.2) is 5.17 Å². The molecular weight excluding hydrogens is 204 g/mol. The maximum Gasteiger partial charge on any atom is 0.156 e. The van der Waals surface area contributed by atoms with Crippen molar-refractivity contribution in [3.05, 3.63) is 0 Å². The molecule has 0 aromatic heterocycles. The summed E-state index contributed by atoms with van der Waals surface area (Å²) < 4.78 is 0. The lowest BCUT2D eigenvalue weighted by Gasteiger charge is -2.28. The first-order chi connectivity index (χ1) is 6.89. The standard InChI is InChI=1S/C12H24N2S/c1-9(2)6-10(3)14-11-13-7-12(4,5)8-15-11/h9-10H,6-8H2,1-5H3,(H,13,14). The molecule has 88 valence electrons. The van der Waals surface area contributed by atoms with Gasteiger partial charge in [-0.25, -0.2) is 0 Å².